The number of benzene rings is 2. The van der Waals surface area contributed by atoms with Crippen LogP contribution in [0.3, 0.4) is 0 Å². The van der Waals surface area contributed by atoms with Crippen LogP contribution in [0.15, 0.2) is 60.8 Å². The molecule has 1 fully saturated rings. The molecule has 5 rings (SSSR count). The lowest BCUT2D eigenvalue weighted by atomic mass is 9.86. The predicted octanol–water partition coefficient (Wildman–Crippen LogP) is 6.86. The maximum atomic E-state index is 14.5. The summed E-state index contributed by atoms with van der Waals surface area (Å²) in [7, 11) is 0. The summed E-state index contributed by atoms with van der Waals surface area (Å²) in [6.45, 7) is 5.21. The van der Waals surface area contributed by atoms with E-state index >= 15 is 0 Å². The lowest BCUT2D eigenvalue weighted by Crippen LogP contribution is -2.40. The van der Waals surface area contributed by atoms with E-state index in [4.69, 9.17) is 0 Å². The third kappa shape index (κ3) is 4.38. The Balaban J connectivity index is 1.70. The maximum Gasteiger partial charge on any atom is 0.225 e. The van der Waals surface area contributed by atoms with Gasteiger partial charge in [-0.1, -0.05) is 19.9 Å². The molecular formula is C29H28F3N3O. The Hall–Kier alpha value is -3.61. The van der Waals surface area contributed by atoms with Crippen molar-refractivity contribution in [3.63, 3.8) is 0 Å². The number of hydrogen-bond donors (Lipinski definition) is 0. The summed E-state index contributed by atoms with van der Waals surface area (Å²) in [6, 6.07) is 13.4. The molecule has 2 aromatic carbocycles. The van der Waals surface area contributed by atoms with Crippen LogP contribution in [0.4, 0.5) is 13.2 Å². The van der Waals surface area contributed by atoms with Crippen molar-refractivity contribution in [2.24, 2.45) is 5.92 Å². The minimum absolute atomic E-state index is 0.0154. The zero-order valence-electron chi connectivity index (χ0n) is 20.3. The number of nitrogens with zero attached hydrogens (tertiary/aromatic N) is 3. The highest BCUT2D eigenvalue weighted by atomic mass is 19.1. The average molecular weight is 492 g/mol. The number of piperidine rings is 1. The molecule has 0 saturated carbocycles. The Morgan fingerprint density at radius 3 is 2.36 bits per heavy atom. The Kier molecular flexibility index (Phi) is 6.56. The topological polar surface area (TPSA) is 38.1 Å². The number of pyridine rings is 1. The molecule has 36 heavy (non-hydrogen) atoms. The van der Waals surface area contributed by atoms with Crippen molar-refractivity contribution in [3.05, 3.63) is 83.8 Å². The van der Waals surface area contributed by atoms with Gasteiger partial charge in [0.05, 0.1) is 22.6 Å². The van der Waals surface area contributed by atoms with Gasteiger partial charge in [0.1, 0.15) is 17.5 Å². The van der Waals surface area contributed by atoms with Gasteiger partial charge in [-0.3, -0.25) is 9.78 Å². The minimum atomic E-state index is -0.714. The third-order valence-electron chi connectivity index (χ3n) is 7.23. The number of aromatic nitrogens is 2. The molecule has 1 unspecified atom stereocenters. The van der Waals surface area contributed by atoms with E-state index in [-0.39, 0.29) is 23.4 Å². The molecule has 1 amide bonds. The van der Waals surface area contributed by atoms with E-state index in [9.17, 15) is 18.0 Å². The van der Waals surface area contributed by atoms with Crippen molar-refractivity contribution in [3.8, 4) is 17.1 Å². The molecule has 1 atom stereocenters. The summed E-state index contributed by atoms with van der Waals surface area (Å²) < 4.78 is 44.9. The molecule has 0 spiro atoms. The van der Waals surface area contributed by atoms with Crippen LogP contribution in [0.5, 0.6) is 0 Å². The van der Waals surface area contributed by atoms with Crippen LogP contribution in [-0.4, -0.2) is 33.4 Å². The molecule has 1 aliphatic heterocycles. The largest absolute Gasteiger partial charge is 0.342 e. The molecule has 1 aliphatic rings. The first-order chi connectivity index (χ1) is 17.4. The number of rotatable bonds is 5. The number of halogens is 3. The van der Waals surface area contributed by atoms with Gasteiger partial charge >= 0.3 is 0 Å². The zero-order valence-corrected chi connectivity index (χ0v) is 20.3. The minimum Gasteiger partial charge on any atom is -0.342 e. The van der Waals surface area contributed by atoms with Crippen LogP contribution in [-0.2, 0) is 4.79 Å². The van der Waals surface area contributed by atoms with Crippen LogP contribution in [0.1, 0.15) is 44.6 Å². The molecule has 186 valence electrons. The summed E-state index contributed by atoms with van der Waals surface area (Å²) in [5.41, 5.74) is 3.07. The fourth-order valence-corrected chi connectivity index (χ4v) is 5.27. The Morgan fingerprint density at radius 2 is 1.72 bits per heavy atom. The number of likely N-dealkylation sites (tertiary alicyclic amines) is 1. The first-order valence-corrected chi connectivity index (χ1v) is 12.4. The first-order valence-electron chi connectivity index (χ1n) is 12.4. The molecule has 2 aromatic heterocycles. The number of carbonyl (C=O) groups excluding carboxylic acids is 1. The predicted molar refractivity (Wildman–Crippen MR) is 134 cm³/mol. The van der Waals surface area contributed by atoms with Crippen molar-refractivity contribution < 1.29 is 18.0 Å². The highest BCUT2D eigenvalue weighted by Crippen LogP contribution is 2.43. The Labute approximate surface area is 208 Å². The van der Waals surface area contributed by atoms with Gasteiger partial charge in [-0.05, 0) is 73.2 Å². The highest BCUT2D eigenvalue weighted by molar-refractivity contribution is 5.94. The van der Waals surface area contributed by atoms with Crippen LogP contribution in [0, 0.1) is 23.4 Å². The SMILES string of the molecule is CCC(C)C(=O)N1CCC(c2c(-c3ccccn3)n(-c3cc(F)cc(F)c3)c3cc(F)ccc23)CC1. The van der Waals surface area contributed by atoms with Crippen molar-refractivity contribution in [1.29, 1.82) is 0 Å². The van der Waals surface area contributed by atoms with Crippen molar-refractivity contribution >= 4 is 16.8 Å². The smallest absolute Gasteiger partial charge is 0.225 e. The summed E-state index contributed by atoms with van der Waals surface area (Å²) in [5, 5.41) is 0.813. The van der Waals surface area contributed by atoms with Gasteiger partial charge in [-0.15, -0.1) is 0 Å². The van der Waals surface area contributed by atoms with Gasteiger partial charge in [0.2, 0.25) is 5.91 Å². The molecule has 4 aromatic rings. The van der Waals surface area contributed by atoms with Gasteiger partial charge in [0, 0.05) is 36.7 Å². The number of carbonyl (C=O) groups is 1. The van der Waals surface area contributed by atoms with E-state index in [1.165, 1.54) is 24.3 Å². The maximum absolute atomic E-state index is 14.5. The van der Waals surface area contributed by atoms with Gasteiger partial charge < -0.3 is 9.47 Å². The van der Waals surface area contributed by atoms with Crippen LogP contribution >= 0.6 is 0 Å². The van der Waals surface area contributed by atoms with E-state index in [0.717, 1.165) is 36.3 Å². The quantitative estimate of drug-likeness (QED) is 0.306. The van der Waals surface area contributed by atoms with E-state index in [0.29, 0.717) is 30.0 Å². The highest BCUT2D eigenvalue weighted by Gasteiger charge is 2.31. The molecule has 1 saturated heterocycles. The molecule has 4 nitrogen and oxygen atoms in total. The fraction of sp³-hybridized carbons (Fsp3) is 0.310. The van der Waals surface area contributed by atoms with Gasteiger partial charge in [0.25, 0.3) is 0 Å². The molecule has 0 bridgehead atoms. The number of fused-ring (bicyclic) bond motifs is 1. The van der Waals surface area contributed by atoms with E-state index in [1.807, 2.05) is 30.9 Å². The summed E-state index contributed by atoms with van der Waals surface area (Å²) in [6.07, 6.45) is 3.93. The Bertz CT molecular complexity index is 1390. The molecule has 0 N–H and O–H groups in total. The fourth-order valence-electron chi connectivity index (χ4n) is 5.27. The number of hydrogen-bond acceptors (Lipinski definition) is 2. The van der Waals surface area contributed by atoms with Crippen LogP contribution in [0.25, 0.3) is 28.0 Å². The zero-order chi connectivity index (χ0) is 25.4. The average Bonchev–Trinajstić information content (AvgIpc) is 3.22. The summed E-state index contributed by atoms with van der Waals surface area (Å²) in [4.78, 5) is 19.2. The molecular weight excluding hydrogens is 463 g/mol. The Morgan fingerprint density at radius 1 is 1.00 bits per heavy atom. The van der Waals surface area contributed by atoms with Crippen LogP contribution < -0.4 is 0 Å². The standard InChI is InChI=1S/C29H28F3N3O/c1-3-18(2)29(36)34-12-9-19(10-13-34)27-24-8-7-20(30)17-26(24)35(23-15-21(31)14-22(32)16-23)28(27)25-6-4-5-11-33-25/h4-8,11,14-19H,3,9-10,12-13H2,1-2H3. The monoisotopic (exact) mass is 491 g/mol. The molecule has 0 radical (unpaired) electrons. The third-order valence-corrected chi connectivity index (χ3v) is 7.23. The lowest BCUT2D eigenvalue weighted by Gasteiger charge is -2.34. The van der Waals surface area contributed by atoms with Crippen LogP contribution in [0.2, 0.25) is 0 Å². The molecule has 7 heteroatoms. The first kappa shape index (κ1) is 24.1. The van der Waals surface area contributed by atoms with Gasteiger partial charge in [0.15, 0.2) is 0 Å². The lowest BCUT2D eigenvalue weighted by molar-refractivity contribution is -0.136. The normalized spacial score (nSPS) is 15.4. The van der Waals surface area contributed by atoms with E-state index < -0.39 is 17.5 Å². The molecule has 0 aliphatic carbocycles. The van der Waals surface area contributed by atoms with Crippen molar-refractivity contribution in [1.82, 2.24) is 14.5 Å². The summed E-state index contributed by atoms with van der Waals surface area (Å²) in [5.74, 6) is -1.65. The van der Waals surface area contributed by atoms with Crippen molar-refractivity contribution in [2.75, 3.05) is 13.1 Å². The van der Waals surface area contributed by atoms with E-state index in [1.54, 1.807) is 22.9 Å². The second kappa shape index (κ2) is 9.80. The number of amides is 1. The summed E-state index contributed by atoms with van der Waals surface area (Å²) >= 11 is 0. The second-order valence-corrected chi connectivity index (χ2v) is 9.51. The second-order valence-electron chi connectivity index (χ2n) is 9.51. The van der Waals surface area contributed by atoms with Gasteiger partial charge in [-0.2, -0.15) is 0 Å². The van der Waals surface area contributed by atoms with E-state index in [2.05, 4.69) is 4.98 Å². The van der Waals surface area contributed by atoms with Gasteiger partial charge in [-0.25, -0.2) is 13.2 Å². The van der Waals surface area contributed by atoms with Crippen molar-refractivity contribution in [2.45, 2.75) is 39.0 Å². The molecule has 3 heterocycles.